The lowest BCUT2D eigenvalue weighted by Crippen LogP contribution is -2.22. The molecule has 6 heteroatoms. The highest BCUT2D eigenvalue weighted by Crippen LogP contribution is 2.35. The van der Waals surface area contributed by atoms with Crippen LogP contribution in [0.1, 0.15) is 18.1 Å². The Labute approximate surface area is 147 Å². The number of nitrogens with one attached hydrogen (secondary N) is 1. The summed E-state index contributed by atoms with van der Waals surface area (Å²) in [5.74, 6) is 2.78. The normalized spacial score (nSPS) is 16.1. The lowest BCUT2D eigenvalue weighted by molar-refractivity contribution is 0.254. The predicted octanol–water partition coefficient (Wildman–Crippen LogP) is 2.95. The molecule has 0 saturated carbocycles. The topological polar surface area (TPSA) is 78.1 Å². The van der Waals surface area contributed by atoms with E-state index in [1.165, 1.54) is 5.56 Å². The number of anilines is 1. The molecule has 0 saturated heterocycles. The van der Waals surface area contributed by atoms with E-state index < -0.39 is 0 Å². The van der Waals surface area contributed by atoms with Gasteiger partial charge in [-0.3, -0.25) is 0 Å². The molecule has 0 bridgehead atoms. The van der Waals surface area contributed by atoms with Gasteiger partial charge in [-0.05, 0) is 31.2 Å². The average Bonchev–Trinajstić information content (AvgIpc) is 2.98. The predicted molar refractivity (Wildman–Crippen MR) is 98.7 cm³/mol. The molecule has 3 rings (SSSR count). The molecular formula is C19H23N3O3. The van der Waals surface area contributed by atoms with Crippen molar-refractivity contribution in [3.63, 3.8) is 0 Å². The number of hydrogen-bond acceptors (Lipinski definition) is 4. The summed E-state index contributed by atoms with van der Waals surface area (Å²) in [7, 11) is 3.28. The Morgan fingerprint density at radius 2 is 2.12 bits per heavy atom. The van der Waals surface area contributed by atoms with Crippen molar-refractivity contribution in [1.29, 1.82) is 0 Å². The molecule has 1 aliphatic heterocycles. The van der Waals surface area contributed by atoms with Gasteiger partial charge < -0.3 is 25.3 Å². The summed E-state index contributed by atoms with van der Waals surface area (Å²) in [4.78, 5) is 4.41. The molecule has 132 valence electrons. The minimum Gasteiger partial charge on any atom is -0.497 e. The van der Waals surface area contributed by atoms with Gasteiger partial charge in [0.2, 0.25) is 0 Å². The Morgan fingerprint density at radius 1 is 1.28 bits per heavy atom. The van der Waals surface area contributed by atoms with Crippen LogP contribution in [-0.2, 0) is 13.0 Å². The number of benzene rings is 2. The maximum absolute atomic E-state index is 6.00. The zero-order valence-corrected chi connectivity index (χ0v) is 14.7. The highest BCUT2D eigenvalue weighted by Gasteiger charge is 2.21. The fourth-order valence-corrected chi connectivity index (χ4v) is 2.85. The second-order valence-corrected chi connectivity index (χ2v) is 5.96. The molecule has 3 N–H and O–H groups in total. The number of rotatable bonds is 5. The molecule has 1 aliphatic rings. The van der Waals surface area contributed by atoms with Crippen LogP contribution in [0.15, 0.2) is 41.4 Å². The highest BCUT2D eigenvalue weighted by atomic mass is 16.5. The van der Waals surface area contributed by atoms with Crippen LogP contribution in [0.3, 0.4) is 0 Å². The number of fused-ring (bicyclic) bond motifs is 1. The van der Waals surface area contributed by atoms with Crippen LogP contribution in [0.2, 0.25) is 0 Å². The maximum atomic E-state index is 6.00. The lowest BCUT2D eigenvalue weighted by Gasteiger charge is -2.11. The molecule has 0 amide bonds. The largest absolute Gasteiger partial charge is 0.497 e. The van der Waals surface area contributed by atoms with Crippen molar-refractivity contribution in [2.75, 3.05) is 19.5 Å². The van der Waals surface area contributed by atoms with E-state index in [-0.39, 0.29) is 6.10 Å². The van der Waals surface area contributed by atoms with Crippen molar-refractivity contribution >= 4 is 11.6 Å². The SMILES string of the molecule is COc1cccc(NC(N)=NCc2cc3c(cc2OC)CC(C)O3)c1. The number of nitrogens with zero attached hydrogens (tertiary/aromatic N) is 1. The molecule has 2 aromatic carbocycles. The molecule has 6 nitrogen and oxygen atoms in total. The van der Waals surface area contributed by atoms with E-state index >= 15 is 0 Å². The zero-order chi connectivity index (χ0) is 17.8. The molecule has 1 unspecified atom stereocenters. The second kappa shape index (κ2) is 7.34. The minimum atomic E-state index is 0.193. The molecule has 25 heavy (non-hydrogen) atoms. The number of aliphatic imine (C=N–C) groups is 1. The Hall–Kier alpha value is -2.89. The quantitative estimate of drug-likeness (QED) is 0.646. The van der Waals surface area contributed by atoms with Gasteiger partial charge in [-0.1, -0.05) is 6.07 Å². The van der Waals surface area contributed by atoms with Crippen molar-refractivity contribution in [3.8, 4) is 17.2 Å². The Balaban J connectivity index is 1.73. The van der Waals surface area contributed by atoms with Crippen LogP contribution in [0, 0.1) is 0 Å². The standard InChI is InChI=1S/C19H23N3O3/c1-12-7-13-8-17(24-3)14(9-18(13)25-12)11-21-19(20)22-15-5-4-6-16(10-15)23-2/h4-6,8-10,12H,7,11H2,1-3H3,(H3,20,21,22). The minimum absolute atomic E-state index is 0.193. The van der Waals surface area contributed by atoms with E-state index in [9.17, 15) is 0 Å². The van der Waals surface area contributed by atoms with Crippen LogP contribution in [0.25, 0.3) is 0 Å². The number of hydrogen-bond donors (Lipinski definition) is 2. The number of ether oxygens (including phenoxy) is 3. The molecular weight excluding hydrogens is 318 g/mol. The first-order valence-electron chi connectivity index (χ1n) is 8.16. The third kappa shape index (κ3) is 3.96. The fourth-order valence-electron chi connectivity index (χ4n) is 2.85. The van der Waals surface area contributed by atoms with Crippen LogP contribution in [0.5, 0.6) is 17.2 Å². The fraction of sp³-hybridized carbons (Fsp3) is 0.316. The average molecular weight is 341 g/mol. The zero-order valence-electron chi connectivity index (χ0n) is 14.7. The summed E-state index contributed by atoms with van der Waals surface area (Å²) >= 11 is 0. The first kappa shape index (κ1) is 17.0. The summed E-state index contributed by atoms with van der Waals surface area (Å²) in [5, 5.41) is 3.06. The van der Waals surface area contributed by atoms with E-state index in [0.717, 1.165) is 34.9 Å². The van der Waals surface area contributed by atoms with Gasteiger partial charge in [0.05, 0.1) is 20.8 Å². The van der Waals surface area contributed by atoms with Gasteiger partial charge in [0.25, 0.3) is 0 Å². The first-order valence-corrected chi connectivity index (χ1v) is 8.16. The van der Waals surface area contributed by atoms with Gasteiger partial charge in [0.1, 0.15) is 23.4 Å². The number of guanidine groups is 1. The van der Waals surface area contributed by atoms with Crippen molar-refractivity contribution in [1.82, 2.24) is 0 Å². The molecule has 0 aromatic heterocycles. The molecule has 1 heterocycles. The Morgan fingerprint density at radius 3 is 2.88 bits per heavy atom. The Kier molecular flexibility index (Phi) is 4.97. The summed E-state index contributed by atoms with van der Waals surface area (Å²) < 4.78 is 16.5. The summed E-state index contributed by atoms with van der Waals surface area (Å²) in [6, 6.07) is 11.5. The van der Waals surface area contributed by atoms with E-state index in [4.69, 9.17) is 19.9 Å². The van der Waals surface area contributed by atoms with Crippen molar-refractivity contribution in [3.05, 3.63) is 47.5 Å². The Bertz CT molecular complexity index is 789. The van der Waals surface area contributed by atoms with E-state index in [2.05, 4.69) is 17.2 Å². The smallest absolute Gasteiger partial charge is 0.193 e. The van der Waals surface area contributed by atoms with Gasteiger partial charge >= 0.3 is 0 Å². The maximum Gasteiger partial charge on any atom is 0.193 e. The molecule has 2 aromatic rings. The third-order valence-electron chi connectivity index (χ3n) is 4.06. The molecule has 0 fully saturated rings. The summed E-state index contributed by atoms with van der Waals surface area (Å²) in [6.07, 6.45) is 1.09. The van der Waals surface area contributed by atoms with Crippen molar-refractivity contribution < 1.29 is 14.2 Å². The molecule has 0 radical (unpaired) electrons. The van der Waals surface area contributed by atoms with Crippen LogP contribution < -0.4 is 25.3 Å². The van der Waals surface area contributed by atoms with Gasteiger partial charge in [-0.15, -0.1) is 0 Å². The number of methoxy groups -OCH3 is 2. The third-order valence-corrected chi connectivity index (χ3v) is 4.06. The van der Waals surface area contributed by atoms with Crippen molar-refractivity contribution in [2.24, 2.45) is 10.7 Å². The van der Waals surface area contributed by atoms with Gasteiger partial charge in [-0.2, -0.15) is 0 Å². The summed E-state index contributed by atoms with van der Waals surface area (Å²) in [6.45, 7) is 2.46. The van der Waals surface area contributed by atoms with E-state index in [1.807, 2.05) is 36.4 Å². The van der Waals surface area contributed by atoms with Crippen molar-refractivity contribution in [2.45, 2.75) is 26.0 Å². The van der Waals surface area contributed by atoms with Gasteiger partial charge in [0, 0.05) is 29.3 Å². The van der Waals surface area contributed by atoms with E-state index in [1.54, 1.807) is 14.2 Å². The second-order valence-electron chi connectivity index (χ2n) is 5.96. The summed E-state index contributed by atoms with van der Waals surface area (Å²) in [5.41, 5.74) is 8.92. The van der Waals surface area contributed by atoms with Crippen LogP contribution in [0.4, 0.5) is 5.69 Å². The lowest BCUT2D eigenvalue weighted by atomic mass is 10.1. The van der Waals surface area contributed by atoms with Crippen LogP contribution in [-0.4, -0.2) is 26.3 Å². The molecule has 0 aliphatic carbocycles. The highest BCUT2D eigenvalue weighted by molar-refractivity contribution is 5.92. The van der Waals surface area contributed by atoms with Crippen LogP contribution >= 0.6 is 0 Å². The van der Waals surface area contributed by atoms with Gasteiger partial charge in [-0.25, -0.2) is 4.99 Å². The number of nitrogens with two attached hydrogens (primary N) is 1. The van der Waals surface area contributed by atoms with E-state index in [0.29, 0.717) is 12.5 Å². The molecule has 1 atom stereocenters. The first-order chi connectivity index (χ1) is 12.1. The van der Waals surface area contributed by atoms with Gasteiger partial charge in [0.15, 0.2) is 5.96 Å². The molecule has 0 spiro atoms. The monoisotopic (exact) mass is 341 g/mol.